The lowest BCUT2D eigenvalue weighted by Crippen LogP contribution is -2.33. The van der Waals surface area contributed by atoms with Crippen LogP contribution in [0.5, 0.6) is 0 Å². The van der Waals surface area contributed by atoms with Gasteiger partial charge in [-0.15, -0.1) is 0 Å². The molecular weight excluding hydrogens is 322 g/mol. The fraction of sp³-hybridized carbons (Fsp3) is 0.286. The maximum atomic E-state index is 11.7. The second-order valence-corrected chi connectivity index (χ2v) is 5.22. The molecule has 0 aliphatic heterocycles. The van der Waals surface area contributed by atoms with Crippen LogP contribution < -0.4 is 16.6 Å². The average molecular weight is 338 g/mol. The summed E-state index contributed by atoms with van der Waals surface area (Å²) < 4.78 is 2.49. The summed E-state index contributed by atoms with van der Waals surface area (Å²) in [6, 6.07) is 7.78. The Morgan fingerprint density at radius 1 is 1.30 bits per heavy atom. The molecule has 0 fully saturated rings. The molecule has 20 heavy (non-hydrogen) atoms. The molecule has 106 valence electrons. The Hall–Kier alpha value is -1.82. The number of rotatable bonds is 5. The van der Waals surface area contributed by atoms with Crippen molar-refractivity contribution in [1.82, 2.24) is 9.55 Å². The first-order valence-corrected chi connectivity index (χ1v) is 7.22. The average Bonchev–Trinajstić information content (AvgIpc) is 2.43. The number of aromatic nitrogens is 2. The number of hydrogen-bond acceptors (Lipinski definition) is 3. The minimum Gasteiger partial charge on any atom is -0.382 e. The van der Waals surface area contributed by atoms with Crippen LogP contribution in [-0.4, -0.2) is 16.1 Å². The molecule has 0 aliphatic rings. The van der Waals surface area contributed by atoms with Crippen LogP contribution in [0.1, 0.15) is 12.5 Å². The molecule has 1 heterocycles. The van der Waals surface area contributed by atoms with Gasteiger partial charge in [0.2, 0.25) is 0 Å². The Bertz CT molecular complexity index is 706. The van der Waals surface area contributed by atoms with E-state index in [1.54, 1.807) is 6.20 Å². The van der Waals surface area contributed by atoms with E-state index < -0.39 is 0 Å². The van der Waals surface area contributed by atoms with E-state index >= 15 is 0 Å². The highest BCUT2D eigenvalue weighted by Crippen LogP contribution is 2.20. The first-order chi connectivity index (χ1) is 9.61. The van der Waals surface area contributed by atoms with Gasteiger partial charge in [-0.05, 0) is 34.5 Å². The monoisotopic (exact) mass is 337 g/mol. The maximum Gasteiger partial charge on any atom is 0.328 e. The number of nitrogens with one attached hydrogen (secondary N) is 2. The van der Waals surface area contributed by atoms with Crippen molar-refractivity contribution in [3.63, 3.8) is 0 Å². The van der Waals surface area contributed by atoms with Gasteiger partial charge >= 0.3 is 5.69 Å². The van der Waals surface area contributed by atoms with E-state index in [9.17, 15) is 9.59 Å². The number of H-pyrrole nitrogens is 1. The van der Waals surface area contributed by atoms with Crippen molar-refractivity contribution < 1.29 is 0 Å². The molecule has 0 atom stereocenters. The van der Waals surface area contributed by atoms with Gasteiger partial charge in [-0.3, -0.25) is 14.3 Å². The van der Waals surface area contributed by atoms with Crippen LogP contribution in [0.15, 0.2) is 44.5 Å². The highest BCUT2D eigenvalue weighted by atomic mass is 79.9. The van der Waals surface area contributed by atoms with Crippen molar-refractivity contribution in [3.05, 3.63) is 61.3 Å². The summed E-state index contributed by atoms with van der Waals surface area (Å²) >= 11 is 3.45. The smallest absolute Gasteiger partial charge is 0.328 e. The predicted molar refractivity (Wildman–Crippen MR) is 83.3 cm³/mol. The van der Waals surface area contributed by atoms with Gasteiger partial charge in [0, 0.05) is 35.0 Å². The molecule has 0 saturated heterocycles. The number of aryl methyl sites for hydroxylation is 1. The maximum absolute atomic E-state index is 11.7. The van der Waals surface area contributed by atoms with Gasteiger partial charge in [-0.2, -0.15) is 0 Å². The van der Waals surface area contributed by atoms with Crippen molar-refractivity contribution in [2.75, 3.05) is 11.9 Å². The highest BCUT2D eigenvalue weighted by Gasteiger charge is 2.03. The summed E-state index contributed by atoms with van der Waals surface area (Å²) in [6.07, 6.45) is 2.23. The Morgan fingerprint density at radius 2 is 2.05 bits per heavy atom. The van der Waals surface area contributed by atoms with Crippen LogP contribution in [0.3, 0.4) is 0 Å². The molecule has 0 bridgehead atoms. The zero-order valence-electron chi connectivity index (χ0n) is 11.1. The Balaban J connectivity index is 2.07. The minimum absolute atomic E-state index is 0.299. The van der Waals surface area contributed by atoms with Crippen LogP contribution in [0, 0.1) is 0 Å². The molecule has 2 N–H and O–H groups in total. The first-order valence-electron chi connectivity index (χ1n) is 6.43. The SMILES string of the molecule is CCc1cn(CCNc2ccccc2Br)c(=O)[nH]c1=O. The quantitative estimate of drug-likeness (QED) is 0.876. The predicted octanol–water partition coefficient (Wildman–Crippen LogP) is 1.97. The summed E-state index contributed by atoms with van der Waals surface area (Å²) in [7, 11) is 0. The Labute approximate surface area is 124 Å². The van der Waals surface area contributed by atoms with Gasteiger partial charge in [-0.1, -0.05) is 19.1 Å². The van der Waals surface area contributed by atoms with Gasteiger partial charge in [-0.25, -0.2) is 4.79 Å². The number of nitrogens with zero attached hydrogens (tertiary/aromatic N) is 1. The molecule has 0 saturated carbocycles. The van der Waals surface area contributed by atoms with E-state index in [1.807, 2.05) is 31.2 Å². The van der Waals surface area contributed by atoms with Crippen LogP contribution in [0.2, 0.25) is 0 Å². The molecule has 2 aromatic rings. The van der Waals surface area contributed by atoms with E-state index in [1.165, 1.54) is 4.57 Å². The minimum atomic E-state index is -0.374. The largest absolute Gasteiger partial charge is 0.382 e. The lowest BCUT2D eigenvalue weighted by atomic mass is 10.2. The lowest BCUT2D eigenvalue weighted by Gasteiger charge is -2.10. The van der Waals surface area contributed by atoms with Crippen LogP contribution in [-0.2, 0) is 13.0 Å². The zero-order valence-corrected chi connectivity index (χ0v) is 12.7. The van der Waals surface area contributed by atoms with Crippen LogP contribution in [0.25, 0.3) is 0 Å². The normalized spacial score (nSPS) is 10.5. The van der Waals surface area contributed by atoms with Gasteiger partial charge in [0.15, 0.2) is 0 Å². The van der Waals surface area contributed by atoms with Crippen molar-refractivity contribution >= 4 is 21.6 Å². The van der Waals surface area contributed by atoms with Crippen molar-refractivity contribution in [2.24, 2.45) is 0 Å². The molecule has 0 radical (unpaired) electrons. The molecule has 0 spiro atoms. The number of hydrogen-bond donors (Lipinski definition) is 2. The van der Waals surface area contributed by atoms with Crippen LogP contribution >= 0.6 is 15.9 Å². The van der Waals surface area contributed by atoms with E-state index in [4.69, 9.17) is 0 Å². The Kier molecular flexibility index (Phi) is 4.79. The van der Waals surface area contributed by atoms with E-state index in [-0.39, 0.29) is 11.2 Å². The van der Waals surface area contributed by atoms with E-state index in [2.05, 4.69) is 26.2 Å². The van der Waals surface area contributed by atoms with Crippen molar-refractivity contribution in [1.29, 1.82) is 0 Å². The zero-order chi connectivity index (χ0) is 14.5. The lowest BCUT2D eigenvalue weighted by molar-refractivity contribution is 0.660. The van der Waals surface area contributed by atoms with Crippen molar-refractivity contribution in [2.45, 2.75) is 19.9 Å². The van der Waals surface area contributed by atoms with E-state index in [0.717, 1.165) is 10.2 Å². The second-order valence-electron chi connectivity index (χ2n) is 4.37. The topological polar surface area (TPSA) is 66.9 Å². The number of aromatic amines is 1. The molecule has 5 nitrogen and oxygen atoms in total. The van der Waals surface area contributed by atoms with Crippen LogP contribution in [0.4, 0.5) is 5.69 Å². The fourth-order valence-corrected chi connectivity index (χ4v) is 2.31. The molecule has 2 rings (SSSR count). The van der Waals surface area contributed by atoms with E-state index in [0.29, 0.717) is 25.1 Å². The summed E-state index contributed by atoms with van der Waals surface area (Å²) in [6.45, 7) is 2.97. The number of halogens is 1. The van der Waals surface area contributed by atoms with Gasteiger partial charge in [0.05, 0.1) is 0 Å². The molecule has 1 aromatic carbocycles. The third-order valence-corrected chi connectivity index (χ3v) is 3.70. The molecule has 1 aromatic heterocycles. The number of anilines is 1. The third kappa shape index (κ3) is 3.39. The highest BCUT2D eigenvalue weighted by molar-refractivity contribution is 9.10. The third-order valence-electron chi connectivity index (χ3n) is 3.01. The number of para-hydroxylation sites is 1. The second kappa shape index (κ2) is 6.56. The summed E-state index contributed by atoms with van der Waals surface area (Å²) in [5.74, 6) is 0. The summed E-state index contributed by atoms with van der Waals surface area (Å²) in [5.41, 5.74) is 0.917. The van der Waals surface area contributed by atoms with Gasteiger partial charge in [0.25, 0.3) is 5.56 Å². The van der Waals surface area contributed by atoms with Gasteiger partial charge < -0.3 is 5.32 Å². The molecular formula is C14H16BrN3O2. The Morgan fingerprint density at radius 3 is 2.75 bits per heavy atom. The first kappa shape index (κ1) is 14.6. The fourth-order valence-electron chi connectivity index (χ4n) is 1.89. The molecule has 0 unspecified atom stereocenters. The van der Waals surface area contributed by atoms with Gasteiger partial charge in [0.1, 0.15) is 0 Å². The molecule has 6 heteroatoms. The summed E-state index contributed by atoms with van der Waals surface area (Å²) in [4.78, 5) is 25.5. The number of benzene rings is 1. The molecule has 0 aliphatic carbocycles. The standard InChI is InChI=1S/C14H16BrN3O2/c1-2-10-9-18(14(20)17-13(10)19)8-7-16-12-6-4-3-5-11(12)15/h3-6,9,16H,2,7-8H2,1H3,(H,17,19,20). The van der Waals surface area contributed by atoms with Crippen molar-refractivity contribution in [3.8, 4) is 0 Å². The summed E-state index contributed by atoms with van der Waals surface area (Å²) in [5, 5.41) is 3.24. The molecule has 0 amide bonds.